The van der Waals surface area contributed by atoms with Crippen LogP contribution < -0.4 is 4.90 Å². The monoisotopic (exact) mass is 210 g/mol. The predicted octanol–water partition coefficient (Wildman–Crippen LogP) is 0.605. The molecule has 3 rings (SSSR count). The number of quaternary nitrogens is 1. The zero-order valence-electron chi connectivity index (χ0n) is 9.62. The Morgan fingerprint density at radius 3 is 2.40 bits per heavy atom. The van der Waals surface area contributed by atoms with E-state index in [1.54, 1.807) is 0 Å². The fraction of sp³-hybridized carbons (Fsp3) is 1.00. The van der Waals surface area contributed by atoms with Crippen LogP contribution in [0.2, 0.25) is 0 Å². The SMILES string of the molecule is O[C@H]1[C@H]2CC[C@@H]1[C@@H]([NH+]1CCCCC1)CC2. The van der Waals surface area contributed by atoms with E-state index in [-0.39, 0.29) is 6.10 Å². The second kappa shape index (κ2) is 4.06. The largest absolute Gasteiger partial charge is 0.392 e. The topological polar surface area (TPSA) is 24.7 Å². The summed E-state index contributed by atoms with van der Waals surface area (Å²) in [7, 11) is 0. The number of hydrogen-bond acceptors (Lipinski definition) is 1. The molecule has 15 heavy (non-hydrogen) atoms. The summed E-state index contributed by atoms with van der Waals surface area (Å²) in [4.78, 5) is 1.82. The van der Waals surface area contributed by atoms with E-state index >= 15 is 0 Å². The summed E-state index contributed by atoms with van der Waals surface area (Å²) in [5.74, 6) is 1.31. The summed E-state index contributed by atoms with van der Waals surface area (Å²) in [5.41, 5.74) is 0. The van der Waals surface area contributed by atoms with Crippen LogP contribution in [0.3, 0.4) is 0 Å². The Labute approximate surface area is 92.7 Å². The van der Waals surface area contributed by atoms with Gasteiger partial charge < -0.3 is 10.0 Å². The molecule has 2 bridgehead atoms. The van der Waals surface area contributed by atoms with Gasteiger partial charge in [0.05, 0.1) is 25.2 Å². The van der Waals surface area contributed by atoms with Crippen molar-refractivity contribution in [2.24, 2.45) is 11.8 Å². The first kappa shape index (κ1) is 10.1. The van der Waals surface area contributed by atoms with Crippen LogP contribution in [0.15, 0.2) is 0 Å². The summed E-state index contributed by atoms with van der Waals surface area (Å²) in [6.45, 7) is 2.75. The third kappa shape index (κ3) is 1.72. The summed E-state index contributed by atoms with van der Waals surface area (Å²) in [5, 5.41) is 10.2. The molecule has 1 saturated heterocycles. The highest BCUT2D eigenvalue weighted by molar-refractivity contribution is 4.93. The number of hydrogen-bond donors (Lipinski definition) is 2. The van der Waals surface area contributed by atoms with Gasteiger partial charge in [0.25, 0.3) is 0 Å². The number of rotatable bonds is 1. The van der Waals surface area contributed by atoms with Gasteiger partial charge in [-0.25, -0.2) is 0 Å². The maximum Gasteiger partial charge on any atom is 0.0928 e. The van der Waals surface area contributed by atoms with Crippen LogP contribution in [0, 0.1) is 11.8 Å². The molecule has 2 saturated carbocycles. The third-order valence-electron chi connectivity index (χ3n) is 5.18. The second-order valence-corrected chi connectivity index (χ2v) is 5.89. The van der Waals surface area contributed by atoms with Crippen molar-refractivity contribution < 1.29 is 10.0 Å². The summed E-state index contributed by atoms with van der Waals surface area (Å²) in [6.07, 6.45) is 9.61. The molecule has 0 aromatic carbocycles. The van der Waals surface area contributed by atoms with Crippen LogP contribution in [0.4, 0.5) is 0 Å². The van der Waals surface area contributed by atoms with E-state index in [0.717, 1.165) is 6.04 Å². The summed E-state index contributed by atoms with van der Waals surface area (Å²) < 4.78 is 0. The minimum Gasteiger partial charge on any atom is -0.392 e. The molecule has 4 atom stereocenters. The molecular formula is C13H24NO+. The maximum absolute atomic E-state index is 10.2. The first-order valence-electron chi connectivity index (χ1n) is 6.89. The molecule has 2 nitrogen and oxygen atoms in total. The van der Waals surface area contributed by atoms with Crippen molar-refractivity contribution in [3.63, 3.8) is 0 Å². The van der Waals surface area contributed by atoms with Crippen LogP contribution in [-0.4, -0.2) is 30.3 Å². The molecule has 2 N–H and O–H groups in total. The Hall–Kier alpha value is -0.0800. The lowest BCUT2D eigenvalue weighted by atomic mass is 9.81. The van der Waals surface area contributed by atoms with E-state index in [1.807, 2.05) is 4.90 Å². The molecule has 3 fully saturated rings. The van der Waals surface area contributed by atoms with Crippen LogP contribution in [0.25, 0.3) is 0 Å². The van der Waals surface area contributed by atoms with Gasteiger partial charge in [-0.2, -0.15) is 0 Å². The van der Waals surface area contributed by atoms with Gasteiger partial charge in [-0.3, -0.25) is 0 Å². The first-order valence-corrected chi connectivity index (χ1v) is 6.89. The van der Waals surface area contributed by atoms with Crippen molar-refractivity contribution >= 4 is 0 Å². The third-order valence-corrected chi connectivity index (χ3v) is 5.18. The summed E-state index contributed by atoms with van der Waals surface area (Å²) in [6, 6.07) is 0.805. The minimum atomic E-state index is 0.0539. The second-order valence-electron chi connectivity index (χ2n) is 5.89. The van der Waals surface area contributed by atoms with Crippen LogP contribution in [0.1, 0.15) is 44.9 Å². The summed E-state index contributed by atoms with van der Waals surface area (Å²) >= 11 is 0. The van der Waals surface area contributed by atoms with Crippen LogP contribution in [0.5, 0.6) is 0 Å². The zero-order chi connectivity index (χ0) is 10.3. The van der Waals surface area contributed by atoms with Gasteiger partial charge in [-0.1, -0.05) is 0 Å². The molecule has 1 aliphatic heterocycles. The highest BCUT2D eigenvalue weighted by Crippen LogP contribution is 2.41. The molecular weight excluding hydrogens is 186 g/mol. The van der Waals surface area contributed by atoms with Crippen molar-refractivity contribution in [3.8, 4) is 0 Å². The lowest BCUT2D eigenvalue weighted by Crippen LogP contribution is -3.17. The molecule has 3 aliphatic rings. The quantitative estimate of drug-likeness (QED) is 0.651. The number of likely N-dealkylation sites (tertiary alicyclic amines) is 1. The fourth-order valence-electron chi connectivity index (χ4n) is 4.34. The number of piperidine rings is 1. The van der Waals surface area contributed by atoms with Crippen LogP contribution >= 0.6 is 0 Å². The number of fused-ring (bicyclic) bond motifs is 2. The Bertz CT molecular complexity index is 225. The van der Waals surface area contributed by atoms with E-state index in [9.17, 15) is 5.11 Å². The highest BCUT2D eigenvalue weighted by Gasteiger charge is 2.47. The average Bonchev–Trinajstić information content (AvgIpc) is 2.54. The van der Waals surface area contributed by atoms with E-state index < -0.39 is 0 Å². The smallest absolute Gasteiger partial charge is 0.0928 e. The van der Waals surface area contributed by atoms with Gasteiger partial charge in [0.15, 0.2) is 0 Å². The Morgan fingerprint density at radius 2 is 1.60 bits per heavy atom. The lowest BCUT2D eigenvalue weighted by Gasteiger charge is -2.39. The molecule has 0 radical (unpaired) electrons. The fourth-order valence-corrected chi connectivity index (χ4v) is 4.34. The van der Waals surface area contributed by atoms with Gasteiger partial charge in [0.1, 0.15) is 0 Å². The van der Waals surface area contributed by atoms with Crippen LogP contribution in [-0.2, 0) is 0 Å². The van der Waals surface area contributed by atoms with Gasteiger partial charge in [0, 0.05) is 12.3 Å². The van der Waals surface area contributed by atoms with Crippen molar-refractivity contribution in [1.82, 2.24) is 0 Å². The standard InChI is InChI=1S/C13H23NO/c15-13-10-4-6-11(13)12(7-5-10)14-8-2-1-3-9-14/h10-13,15H,1-9H2/p+1/t10-,11+,12-,13-/m0/s1. The number of nitrogens with one attached hydrogen (secondary N) is 1. The first-order chi connectivity index (χ1) is 7.36. The predicted molar refractivity (Wildman–Crippen MR) is 59.8 cm³/mol. The molecule has 0 spiro atoms. The molecule has 2 heteroatoms. The van der Waals surface area contributed by atoms with E-state index in [0.29, 0.717) is 11.8 Å². The molecule has 0 amide bonds. The van der Waals surface area contributed by atoms with Crippen molar-refractivity contribution in [1.29, 1.82) is 0 Å². The average molecular weight is 210 g/mol. The van der Waals surface area contributed by atoms with Gasteiger partial charge in [-0.15, -0.1) is 0 Å². The van der Waals surface area contributed by atoms with Crippen molar-refractivity contribution in [2.75, 3.05) is 13.1 Å². The van der Waals surface area contributed by atoms with Gasteiger partial charge >= 0.3 is 0 Å². The Kier molecular flexibility index (Phi) is 2.73. The lowest BCUT2D eigenvalue weighted by molar-refractivity contribution is -0.935. The minimum absolute atomic E-state index is 0.0539. The highest BCUT2D eigenvalue weighted by atomic mass is 16.3. The Morgan fingerprint density at radius 1 is 0.867 bits per heavy atom. The van der Waals surface area contributed by atoms with E-state index in [1.165, 1.54) is 58.0 Å². The molecule has 0 aromatic rings. The molecule has 2 aliphatic carbocycles. The number of aliphatic hydroxyl groups excluding tert-OH is 1. The number of aliphatic hydroxyl groups is 1. The van der Waals surface area contributed by atoms with E-state index in [2.05, 4.69) is 0 Å². The van der Waals surface area contributed by atoms with Gasteiger partial charge in [0.2, 0.25) is 0 Å². The van der Waals surface area contributed by atoms with E-state index in [4.69, 9.17) is 0 Å². The Balaban J connectivity index is 1.69. The van der Waals surface area contributed by atoms with Crippen molar-refractivity contribution in [2.45, 2.75) is 57.1 Å². The molecule has 86 valence electrons. The normalized spacial score (nSPS) is 47.0. The maximum atomic E-state index is 10.2. The molecule has 0 unspecified atom stereocenters. The van der Waals surface area contributed by atoms with Gasteiger partial charge in [-0.05, 0) is 44.4 Å². The molecule has 1 heterocycles. The molecule has 0 aromatic heterocycles. The zero-order valence-corrected chi connectivity index (χ0v) is 9.62. The van der Waals surface area contributed by atoms with Crippen molar-refractivity contribution in [3.05, 3.63) is 0 Å².